The summed E-state index contributed by atoms with van der Waals surface area (Å²) in [6.07, 6.45) is 10.1. The van der Waals surface area contributed by atoms with Crippen molar-refractivity contribution in [3.8, 4) is 5.75 Å². The van der Waals surface area contributed by atoms with Crippen LogP contribution >= 0.6 is 0 Å². The van der Waals surface area contributed by atoms with Crippen molar-refractivity contribution < 1.29 is 9.13 Å². The van der Waals surface area contributed by atoms with Gasteiger partial charge in [0.2, 0.25) is 0 Å². The third-order valence-corrected chi connectivity index (χ3v) is 2.74. The lowest BCUT2D eigenvalue weighted by molar-refractivity contribution is 0.413. The molecule has 4 heteroatoms. The molecule has 2 rings (SSSR count). The van der Waals surface area contributed by atoms with Gasteiger partial charge in [0.05, 0.1) is 12.7 Å². The van der Waals surface area contributed by atoms with Crippen molar-refractivity contribution in [2.75, 3.05) is 12.8 Å². The van der Waals surface area contributed by atoms with E-state index in [0.29, 0.717) is 23.3 Å². The summed E-state index contributed by atoms with van der Waals surface area (Å²) in [6.45, 7) is 0. The van der Waals surface area contributed by atoms with Gasteiger partial charge in [-0.15, -0.1) is 0 Å². The Hall–Kier alpha value is -2.10. The maximum atomic E-state index is 14.1. The number of anilines is 1. The first-order chi connectivity index (χ1) is 8.74. The largest absolute Gasteiger partial charge is 0.496 e. The molecule has 0 amide bonds. The zero-order valence-corrected chi connectivity index (χ0v) is 10.2. The number of halogens is 1. The van der Waals surface area contributed by atoms with Gasteiger partial charge in [-0.3, -0.25) is 0 Å². The molecule has 0 aromatic carbocycles. The zero-order chi connectivity index (χ0) is 13.0. The van der Waals surface area contributed by atoms with E-state index < -0.39 is 0 Å². The van der Waals surface area contributed by atoms with Crippen LogP contribution in [0.5, 0.6) is 5.75 Å². The predicted molar refractivity (Wildman–Crippen MR) is 70.7 cm³/mol. The van der Waals surface area contributed by atoms with Crippen molar-refractivity contribution >= 4 is 11.4 Å². The lowest BCUT2D eigenvalue weighted by atomic mass is 10.0. The summed E-state index contributed by atoms with van der Waals surface area (Å²) < 4.78 is 19.3. The average molecular weight is 246 g/mol. The monoisotopic (exact) mass is 246 g/mol. The summed E-state index contributed by atoms with van der Waals surface area (Å²) >= 11 is 0. The number of nitrogens with zero attached hydrogens (tertiary/aromatic N) is 1. The molecule has 0 saturated carbocycles. The van der Waals surface area contributed by atoms with Gasteiger partial charge in [0, 0.05) is 11.8 Å². The van der Waals surface area contributed by atoms with Crippen molar-refractivity contribution in [1.29, 1.82) is 0 Å². The van der Waals surface area contributed by atoms with Crippen LogP contribution in [-0.2, 0) is 0 Å². The van der Waals surface area contributed by atoms with Crippen LogP contribution in [0, 0.1) is 0 Å². The second kappa shape index (κ2) is 5.49. The lowest BCUT2D eigenvalue weighted by Crippen LogP contribution is -2.01. The molecule has 0 unspecified atom stereocenters. The number of ether oxygens (including phenoxy) is 1. The molecule has 0 atom stereocenters. The van der Waals surface area contributed by atoms with Gasteiger partial charge in [-0.1, -0.05) is 18.2 Å². The van der Waals surface area contributed by atoms with Crippen molar-refractivity contribution in [2.45, 2.75) is 12.8 Å². The molecular weight excluding hydrogens is 231 g/mol. The van der Waals surface area contributed by atoms with Crippen molar-refractivity contribution in [3.05, 3.63) is 48.0 Å². The molecule has 1 aromatic rings. The molecule has 0 fully saturated rings. The third kappa shape index (κ3) is 2.42. The van der Waals surface area contributed by atoms with Crippen LogP contribution in [0.2, 0.25) is 0 Å². The van der Waals surface area contributed by atoms with Gasteiger partial charge in [-0.05, 0) is 25.0 Å². The molecule has 1 heterocycles. The molecule has 18 heavy (non-hydrogen) atoms. The Bertz CT molecular complexity index is 533. The molecule has 1 aliphatic carbocycles. The van der Waals surface area contributed by atoms with Crippen LogP contribution in [0.1, 0.15) is 18.4 Å². The fourth-order valence-corrected chi connectivity index (χ4v) is 1.86. The lowest BCUT2D eigenvalue weighted by Gasteiger charge is -2.13. The van der Waals surface area contributed by atoms with E-state index in [9.17, 15) is 4.39 Å². The summed E-state index contributed by atoms with van der Waals surface area (Å²) in [5, 5.41) is 0. The molecule has 0 spiro atoms. The number of hydrogen-bond acceptors (Lipinski definition) is 3. The molecule has 0 saturated heterocycles. The second-order valence-electron chi connectivity index (χ2n) is 3.91. The number of hydrogen-bond donors (Lipinski definition) is 1. The fraction of sp³-hybridized carbons (Fsp3) is 0.214. The van der Waals surface area contributed by atoms with Gasteiger partial charge in [0.25, 0.3) is 0 Å². The molecule has 0 aliphatic heterocycles. The van der Waals surface area contributed by atoms with E-state index in [1.807, 2.05) is 12.2 Å². The van der Waals surface area contributed by atoms with Crippen molar-refractivity contribution in [2.24, 2.45) is 0 Å². The second-order valence-corrected chi connectivity index (χ2v) is 3.91. The first-order valence-corrected chi connectivity index (χ1v) is 5.75. The van der Waals surface area contributed by atoms with Crippen LogP contribution in [-0.4, -0.2) is 12.1 Å². The number of allylic oxidation sites excluding steroid dienone is 6. The van der Waals surface area contributed by atoms with E-state index in [0.717, 1.165) is 6.42 Å². The van der Waals surface area contributed by atoms with E-state index in [1.165, 1.54) is 7.11 Å². The van der Waals surface area contributed by atoms with Crippen LogP contribution in [0.15, 0.2) is 42.4 Å². The quantitative estimate of drug-likeness (QED) is 0.871. The highest BCUT2D eigenvalue weighted by molar-refractivity contribution is 5.86. The van der Waals surface area contributed by atoms with E-state index in [4.69, 9.17) is 10.5 Å². The minimum absolute atomic E-state index is 0.262. The zero-order valence-electron chi connectivity index (χ0n) is 10.2. The fourth-order valence-electron chi connectivity index (χ4n) is 1.86. The standard InChI is InChI=1S/C14H15FN2O/c1-18-12-8-9-17-14(16)13(12)10-6-4-2-3-5-7-11(10)15/h2,4,6-9H,3,5H2,1H3,(H2,16,17). The van der Waals surface area contributed by atoms with Gasteiger partial charge >= 0.3 is 0 Å². The number of rotatable bonds is 2. The van der Waals surface area contributed by atoms with Gasteiger partial charge < -0.3 is 10.5 Å². The summed E-state index contributed by atoms with van der Waals surface area (Å²) in [7, 11) is 1.53. The maximum absolute atomic E-state index is 14.1. The van der Waals surface area contributed by atoms with E-state index in [1.54, 1.807) is 24.4 Å². The summed E-state index contributed by atoms with van der Waals surface area (Å²) in [4.78, 5) is 3.99. The highest BCUT2D eigenvalue weighted by Crippen LogP contribution is 2.35. The predicted octanol–water partition coefficient (Wildman–Crippen LogP) is 3.26. The third-order valence-electron chi connectivity index (χ3n) is 2.74. The number of nitrogen functional groups attached to an aromatic ring is 1. The minimum Gasteiger partial charge on any atom is -0.496 e. The van der Waals surface area contributed by atoms with Crippen molar-refractivity contribution in [3.63, 3.8) is 0 Å². The Morgan fingerprint density at radius 2 is 2.22 bits per heavy atom. The highest BCUT2D eigenvalue weighted by atomic mass is 19.1. The van der Waals surface area contributed by atoms with Gasteiger partial charge in [-0.2, -0.15) is 0 Å². The minimum atomic E-state index is -0.294. The molecule has 1 aliphatic rings. The topological polar surface area (TPSA) is 48.1 Å². The maximum Gasteiger partial charge on any atom is 0.135 e. The first-order valence-electron chi connectivity index (χ1n) is 5.75. The number of pyridine rings is 1. The highest BCUT2D eigenvalue weighted by Gasteiger charge is 2.16. The SMILES string of the molecule is COc1ccnc(N)c1C1=CC=CCCC=C1F. The van der Waals surface area contributed by atoms with Gasteiger partial charge in [-0.25, -0.2) is 9.37 Å². The van der Waals surface area contributed by atoms with Crippen LogP contribution in [0.25, 0.3) is 5.57 Å². The van der Waals surface area contributed by atoms with Crippen LogP contribution in [0.3, 0.4) is 0 Å². The van der Waals surface area contributed by atoms with Gasteiger partial charge in [0.15, 0.2) is 0 Å². The first kappa shape index (κ1) is 12.4. The number of nitrogens with two attached hydrogens (primary N) is 1. The van der Waals surface area contributed by atoms with Crippen LogP contribution in [0.4, 0.5) is 10.2 Å². The molecule has 0 bridgehead atoms. The molecule has 0 radical (unpaired) electrons. The molecular formula is C14H15FN2O. The molecule has 3 nitrogen and oxygen atoms in total. The van der Waals surface area contributed by atoms with E-state index >= 15 is 0 Å². The number of aromatic nitrogens is 1. The summed E-state index contributed by atoms with van der Waals surface area (Å²) in [5.41, 5.74) is 6.74. The molecule has 1 aromatic heterocycles. The Morgan fingerprint density at radius 1 is 1.39 bits per heavy atom. The Balaban J connectivity index is 2.59. The molecule has 2 N–H and O–H groups in total. The van der Waals surface area contributed by atoms with Crippen molar-refractivity contribution in [1.82, 2.24) is 4.98 Å². The normalized spacial score (nSPS) is 15.4. The summed E-state index contributed by atoms with van der Waals surface area (Å²) in [6, 6.07) is 1.67. The van der Waals surface area contributed by atoms with Gasteiger partial charge in [0.1, 0.15) is 17.4 Å². The molecule has 94 valence electrons. The average Bonchev–Trinajstić information content (AvgIpc) is 2.35. The Labute approximate surface area is 105 Å². The smallest absolute Gasteiger partial charge is 0.135 e. The van der Waals surface area contributed by atoms with Crippen LogP contribution < -0.4 is 10.5 Å². The Kier molecular flexibility index (Phi) is 3.77. The van der Waals surface area contributed by atoms with E-state index in [2.05, 4.69) is 4.98 Å². The Morgan fingerprint density at radius 3 is 3.00 bits per heavy atom. The van der Waals surface area contributed by atoms with E-state index in [-0.39, 0.29) is 11.6 Å². The summed E-state index contributed by atoms with van der Waals surface area (Å²) in [5.74, 6) is 0.488. The number of methoxy groups -OCH3 is 1.